The minimum absolute atomic E-state index is 0.175. The maximum atomic E-state index is 12.4. The molecule has 134 valence electrons. The van der Waals surface area contributed by atoms with Gasteiger partial charge < -0.3 is 9.30 Å². The summed E-state index contributed by atoms with van der Waals surface area (Å²) >= 11 is 1.73. The second-order valence-corrected chi connectivity index (χ2v) is 8.73. The average molecular weight is 366 g/mol. The third-order valence-electron chi connectivity index (χ3n) is 4.38. The first-order valence-electron chi connectivity index (χ1n) is 8.82. The van der Waals surface area contributed by atoms with Crippen molar-refractivity contribution in [3.8, 4) is 0 Å². The number of carbonyl (C=O) groups is 1. The molecular formula is C21H22N2O2S. The van der Waals surface area contributed by atoms with Crippen LogP contribution >= 0.6 is 11.8 Å². The first-order chi connectivity index (χ1) is 12.4. The van der Waals surface area contributed by atoms with E-state index in [4.69, 9.17) is 9.72 Å². The summed E-state index contributed by atoms with van der Waals surface area (Å²) in [6, 6.07) is 16.5. The number of fused-ring (bicyclic) bond motifs is 2. The van der Waals surface area contributed by atoms with Gasteiger partial charge in [0.2, 0.25) is 0 Å². The molecule has 0 spiro atoms. The highest BCUT2D eigenvalue weighted by Crippen LogP contribution is 2.46. The standard InChI is InChI=1S/C21H22N2O2S/c1-21(2,3)25-19(24)13-23-17-11-7-6-10-16(17)22-20(23)26-18-12-14-8-4-5-9-15(14)18/h4-11,18H,12-13H2,1-3H3. The Balaban J connectivity index is 1.63. The number of esters is 1. The van der Waals surface area contributed by atoms with E-state index in [2.05, 4.69) is 24.3 Å². The van der Waals surface area contributed by atoms with Gasteiger partial charge in [0.1, 0.15) is 12.1 Å². The maximum absolute atomic E-state index is 12.4. The number of para-hydroxylation sites is 2. The molecule has 2 aromatic carbocycles. The molecule has 26 heavy (non-hydrogen) atoms. The third kappa shape index (κ3) is 3.36. The Bertz CT molecular complexity index is 972. The molecule has 0 aliphatic heterocycles. The van der Waals surface area contributed by atoms with E-state index < -0.39 is 5.60 Å². The Kier molecular flexibility index (Phi) is 4.27. The fraction of sp³-hybridized carbons (Fsp3) is 0.333. The highest BCUT2D eigenvalue weighted by molar-refractivity contribution is 7.99. The molecule has 0 amide bonds. The van der Waals surface area contributed by atoms with Gasteiger partial charge in [-0.1, -0.05) is 48.2 Å². The summed E-state index contributed by atoms with van der Waals surface area (Å²) in [7, 11) is 0. The largest absolute Gasteiger partial charge is 0.459 e. The van der Waals surface area contributed by atoms with Crippen LogP contribution in [0, 0.1) is 0 Å². The molecule has 1 atom stereocenters. The van der Waals surface area contributed by atoms with Crippen LogP contribution in [0.15, 0.2) is 53.7 Å². The molecule has 1 aliphatic rings. The summed E-state index contributed by atoms with van der Waals surface area (Å²) in [6.07, 6.45) is 1.04. The molecule has 4 nitrogen and oxygen atoms in total. The summed E-state index contributed by atoms with van der Waals surface area (Å²) in [5, 5.41) is 1.26. The lowest BCUT2D eigenvalue weighted by Gasteiger charge is -2.29. The minimum Gasteiger partial charge on any atom is -0.459 e. The van der Waals surface area contributed by atoms with Crippen LogP contribution in [0.25, 0.3) is 11.0 Å². The predicted octanol–water partition coefficient (Wildman–Crippen LogP) is 4.77. The topological polar surface area (TPSA) is 44.1 Å². The minimum atomic E-state index is -0.492. The Morgan fingerprint density at radius 2 is 1.92 bits per heavy atom. The van der Waals surface area contributed by atoms with E-state index in [1.165, 1.54) is 11.1 Å². The van der Waals surface area contributed by atoms with E-state index in [1.54, 1.807) is 11.8 Å². The van der Waals surface area contributed by atoms with Crippen LogP contribution in [-0.2, 0) is 22.5 Å². The maximum Gasteiger partial charge on any atom is 0.326 e. The Morgan fingerprint density at radius 3 is 2.69 bits per heavy atom. The third-order valence-corrected chi connectivity index (χ3v) is 5.61. The van der Waals surface area contributed by atoms with Crippen LogP contribution in [0.4, 0.5) is 0 Å². The SMILES string of the molecule is CC(C)(C)OC(=O)Cn1c(SC2Cc3ccccc32)nc2ccccc21. The zero-order chi connectivity index (χ0) is 18.3. The van der Waals surface area contributed by atoms with Crippen molar-refractivity contribution >= 4 is 28.8 Å². The van der Waals surface area contributed by atoms with E-state index in [9.17, 15) is 4.79 Å². The molecule has 0 N–H and O–H groups in total. The zero-order valence-electron chi connectivity index (χ0n) is 15.2. The number of ether oxygens (including phenoxy) is 1. The monoisotopic (exact) mass is 366 g/mol. The van der Waals surface area contributed by atoms with Crippen molar-refractivity contribution in [3.05, 3.63) is 59.7 Å². The van der Waals surface area contributed by atoms with Crippen molar-refractivity contribution in [2.75, 3.05) is 0 Å². The fourth-order valence-electron chi connectivity index (χ4n) is 3.24. The van der Waals surface area contributed by atoms with Gasteiger partial charge in [-0.05, 0) is 50.5 Å². The summed E-state index contributed by atoms with van der Waals surface area (Å²) in [5.41, 5.74) is 4.15. The number of hydrogen-bond donors (Lipinski definition) is 0. The van der Waals surface area contributed by atoms with Gasteiger partial charge in [0.25, 0.3) is 0 Å². The lowest BCUT2D eigenvalue weighted by atomic mass is 9.88. The van der Waals surface area contributed by atoms with Gasteiger partial charge in [0.15, 0.2) is 5.16 Å². The molecule has 0 saturated carbocycles. The van der Waals surface area contributed by atoms with Crippen molar-refractivity contribution in [2.24, 2.45) is 0 Å². The molecule has 4 rings (SSSR count). The summed E-state index contributed by atoms with van der Waals surface area (Å²) < 4.78 is 7.50. The molecule has 0 radical (unpaired) electrons. The molecule has 1 unspecified atom stereocenters. The highest BCUT2D eigenvalue weighted by atomic mass is 32.2. The van der Waals surface area contributed by atoms with Crippen molar-refractivity contribution in [3.63, 3.8) is 0 Å². The first kappa shape index (κ1) is 17.2. The number of hydrogen-bond acceptors (Lipinski definition) is 4. The lowest BCUT2D eigenvalue weighted by molar-refractivity contribution is -0.155. The number of carbonyl (C=O) groups excluding carboxylic acids is 1. The quantitative estimate of drug-likeness (QED) is 0.624. The van der Waals surface area contributed by atoms with Crippen molar-refractivity contribution < 1.29 is 9.53 Å². The molecule has 1 aliphatic carbocycles. The number of benzene rings is 2. The molecule has 0 fully saturated rings. The van der Waals surface area contributed by atoms with Crippen molar-refractivity contribution in [1.82, 2.24) is 9.55 Å². The van der Waals surface area contributed by atoms with E-state index in [-0.39, 0.29) is 12.5 Å². The van der Waals surface area contributed by atoms with Crippen molar-refractivity contribution in [2.45, 2.75) is 49.7 Å². The fourth-order valence-corrected chi connectivity index (χ4v) is 4.56. The Hall–Kier alpha value is -2.27. The molecule has 5 heteroatoms. The van der Waals surface area contributed by atoms with E-state index in [0.29, 0.717) is 5.25 Å². The van der Waals surface area contributed by atoms with Gasteiger partial charge >= 0.3 is 5.97 Å². The number of nitrogens with zero attached hydrogens (tertiary/aromatic N) is 2. The summed E-state index contributed by atoms with van der Waals surface area (Å²) in [4.78, 5) is 17.2. The van der Waals surface area contributed by atoms with Crippen LogP contribution in [0.2, 0.25) is 0 Å². The molecule has 0 saturated heterocycles. The number of imidazole rings is 1. The van der Waals surface area contributed by atoms with E-state index in [1.807, 2.05) is 49.6 Å². The number of thioether (sulfide) groups is 1. The first-order valence-corrected chi connectivity index (χ1v) is 9.70. The van der Waals surface area contributed by atoms with Crippen LogP contribution in [0.5, 0.6) is 0 Å². The van der Waals surface area contributed by atoms with Gasteiger partial charge in [-0.3, -0.25) is 4.79 Å². The molecular weight excluding hydrogens is 344 g/mol. The van der Waals surface area contributed by atoms with Crippen LogP contribution < -0.4 is 0 Å². The van der Waals surface area contributed by atoms with E-state index in [0.717, 1.165) is 22.6 Å². The smallest absolute Gasteiger partial charge is 0.326 e. The van der Waals surface area contributed by atoms with Gasteiger partial charge in [-0.2, -0.15) is 0 Å². The second kappa shape index (κ2) is 6.47. The van der Waals surface area contributed by atoms with Gasteiger partial charge in [-0.25, -0.2) is 4.98 Å². The van der Waals surface area contributed by atoms with Gasteiger partial charge in [-0.15, -0.1) is 0 Å². The lowest BCUT2D eigenvalue weighted by Crippen LogP contribution is -2.26. The summed E-state index contributed by atoms with van der Waals surface area (Å²) in [6.45, 7) is 5.84. The zero-order valence-corrected chi connectivity index (χ0v) is 16.0. The number of rotatable bonds is 4. The molecule has 3 aromatic rings. The Morgan fingerprint density at radius 1 is 1.19 bits per heavy atom. The van der Waals surface area contributed by atoms with E-state index >= 15 is 0 Å². The highest BCUT2D eigenvalue weighted by Gasteiger charge is 2.29. The van der Waals surface area contributed by atoms with Gasteiger partial charge in [0.05, 0.1) is 11.0 Å². The van der Waals surface area contributed by atoms with Crippen LogP contribution in [0.3, 0.4) is 0 Å². The number of aromatic nitrogens is 2. The second-order valence-electron chi connectivity index (χ2n) is 7.57. The molecule has 0 bridgehead atoms. The molecule has 1 heterocycles. The predicted molar refractivity (Wildman–Crippen MR) is 104 cm³/mol. The van der Waals surface area contributed by atoms with Crippen LogP contribution in [-0.4, -0.2) is 21.1 Å². The Labute approximate surface area is 157 Å². The van der Waals surface area contributed by atoms with Crippen LogP contribution in [0.1, 0.15) is 37.1 Å². The van der Waals surface area contributed by atoms with Crippen molar-refractivity contribution in [1.29, 1.82) is 0 Å². The normalized spacial score (nSPS) is 16.2. The molecule has 1 aromatic heterocycles. The average Bonchev–Trinajstić information content (AvgIpc) is 2.88. The summed E-state index contributed by atoms with van der Waals surface area (Å²) in [5.74, 6) is -0.239. The van der Waals surface area contributed by atoms with Gasteiger partial charge in [0, 0.05) is 5.25 Å².